The Bertz CT molecular complexity index is 491. The van der Waals surface area contributed by atoms with Crippen molar-refractivity contribution in [3.8, 4) is 16.9 Å². The lowest BCUT2D eigenvalue weighted by atomic mass is 10.1. The first-order valence-corrected chi connectivity index (χ1v) is 5.92. The van der Waals surface area contributed by atoms with E-state index in [1.54, 1.807) is 7.11 Å². The number of nitrogens with zero attached hydrogens (tertiary/aromatic N) is 2. The van der Waals surface area contributed by atoms with E-state index in [0.29, 0.717) is 12.0 Å². The first-order chi connectivity index (χ1) is 8.69. The molecule has 4 nitrogen and oxygen atoms in total. The van der Waals surface area contributed by atoms with Gasteiger partial charge in [0.1, 0.15) is 5.75 Å². The summed E-state index contributed by atoms with van der Waals surface area (Å²) in [6, 6.07) is 8.17. The Morgan fingerprint density at radius 3 is 2.11 bits per heavy atom. The van der Waals surface area contributed by atoms with Gasteiger partial charge in [-0.25, -0.2) is 9.97 Å². The van der Waals surface area contributed by atoms with Gasteiger partial charge in [-0.15, -0.1) is 0 Å². The van der Waals surface area contributed by atoms with Gasteiger partial charge >= 0.3 is 0 Å². The van der Waals surface area contributed by atoms with Gasteiger partial charge in [-0.05, 0) is 31.5 Å². The summed E-state index contributed by atoms with van der Waals surface area (Å²) in [6.07, 6.45) is 3.64. The quantitative estimate of drug-likeness (QED) is 0.896. The number of benzene rings is 1. The fourth-order valence-corrected chi connectivity index (χ4v) is 1.59. The number of hydrogen-bond acceptors (Lipinski definition) is 4. The zero-order valence-electron chi connectivity index (χ0n) is 10.8. The average molecular weight is 243 g/mol. The van der Waals surface area contributed by atoms with Gasteiger partial charge in [0.2, 0.25) is 5.95 Å². The summed E-state index contributed by atoms with van der Waals surface area (Å²) >= 11 is 0. The Labute approximate surface area is 107 Å². The van der Waals surface area contributed by atoms with Gasteiger partial charge in [-0.2, -0.15) is 0 Å². The van der Waals surface area contributed by atoms with Crippen molar-refractivity contribution in [1.29, 1.82) is 0 Å². The first-order valence-electron chi connectivity index (χ1n) is 5.92. The third kappa shape index (κ3) is 2.97. The lowest BCUT2D eigenvalue weighted by molar-refractivity contribution is 0.415. The van der Waals surface area contributed by atoms with Crippen LogP contribution in [-0.4, -0.2) is 23.1 Å². The van der Waals surface area contributed by atoms with Crippen LogP contribution in [-0.2, 0) is 0 Å². The molecule has 4 heteroatoms. The van der Waals surface area contributed by atoms with Crippen LogP contribution >= 0.6 is 0 Å². The number of rotatable bonds is 4. The number of anilines is 1. The van der Waals surface area contributed by atoms with Crippen molar-refractivity contribution in [1.82, 2.24) is 9.97 Å². The molecule has 0 radical (unpaired) electrons. The predicted molar refractivity (Wildman–Crippen MR) is 72.8 cm³/mol. The molecule has 0 unspecified atom stereocenters. The van der Waals surface area contributed by atoms with Crippen molar-refractivity contribution in [2.45, 2.75) is 19.9 Å². The van der Waals surface area contributed by atoms with Crippen molar-refractivity contribution < 1.29 is 4.74 Å². The summed E-state index contributed by atoms with van der Waals surface area (Å²) in [6.45, 7) is 4.11. The Morgan fingerprint density at radius 2 is 1.61 bits per heavy atom. The number of methoxy groups -OCH3 is 1. The maximum Gasteiger partial charge on any atom is 0.222 e. The van der Waals surface area contributed by atoms with E-state index in [0.717, 1.165) is 16.9 Å². The van der Waals surface area contributed by atoms with E-state index in [-0.39, 0.29) is 0 Å². The Hall–Kier alpha value is -2.10. The van der Waals surface area contributed by atoms with E-state index in [4.69, 9.17) is 4.74 Å². The zero-order chi connectivity index (χ0) is 13.0. The third-order valence-electron chi connectivity index (χ3n) is 2.49. The number of hydrogen-bond donors (Lipinski definition) is 1. The minimum atomic E-state index is 0.330. The van der Waals surface area contributed by atoms with E-state index in [1.807, 2.05) is 36.7 Å². The van der Waals surface area contributed by atoms with Crippen LogP contribution in [0.3, 0.4) is 0 Å². The standard InChI is InChI=1S/C14H17N3O/c1-10(2)17-14-15-8-12(9-16-14)11-4-6-13(18-3)7-5-11/h4-10H,1-3H3,(H,15,16,17). The highest BCUT2D eigenvalue weighted by Gasteiger charge is 2.02. The van der Waals surface area contributed by atoms with Gasteiger partial charge < -0.3 is 10.1 Å². The summed E-state index contributed by atoms with van der Waals surface area (Å²) in [4.78, 5) is 8.57. The number of aromatic nitrogens is 2. The minimum Gasteiger partial charge on any atom is -0.497 e. The summed E-state index contributed by atoms with van der Waals surface area (Å²) in [5, 5.41) is 3.16. The Balaban J connectivity index is 2.17. The van der Waals surface area contributed by atoms with Gasteiger partial charge in [0.25, 0.3) is 0 Å². The molecule has 0 fully saturated rings. The van der Waals surface area contributed by atoms with Crippen LogP contribution in [0.2, 0.25) is 0 Å². The van der Waals surface area contributed by atoms with E-state index in [1.165, 1.54) is 0 Å². The van der Waals surface area contributed by atoms with Gasteiger partial charge in [0.05, 0.1) is 7.11 Å². The second-order valence-electron chi connectivity index (χ2n) is 4.32. The average Bonchev–Trinajstić information content (AvgIpc) is 2.39. The third-order valence-corrected chi connectivity index (χ3v) is 2.49. The predicted octanol–water partition coefficient (Wildman–Crippen LogP) is 2.97. The lowest BCUT2D eigenvalue weighted by Gasteiger charge is -2.08. The maximum absolute atomic E-state index is 5.13. The molecule has 1 heterocycles. The molecular formula is C14H17N3O. The second kappa shape index (κ2) is 5.49. The molecule has 94 valence electrons. The molecular weight excluding hydrogens is 226 g/mol. The fraction of sp³-hybridized carbons (Fsp3) is 0.286. The molecule has 2 aromatic rings. The summed E-state index contributed by atoms with van der Waals surface area (Å²) in [7, 11) is 1.66. The molecule has 0 amide bonds. The topological polar surface area (TPSA) is 47.0 Å². The molecule has 0 aliphatic rings. The van der Waals surface area contributed by atoms with E-state index in [2.05, 4.69) is 29.1 Å². The molecule has 1 N–H and O–H groups in total. The molecule has 0 atom stereocenters. The molecule has 0 bridgehead atoms. The smallest absolute Gasteiger partial charge is 0.222 e. The van der Waals surface area contributed by atoms with Crippen LogP contribution in [0, 0.1) is 0 Å². The number of ether oxygens (including phenoxy) is 1. The summed E-state index contributed by atoms with van der Waals surface area (Å²) in [5.74, 6) is 1.50. The highest BCUT2D eigenvalue weighted by Crippen LogP contribution is 2.21. The van der Waals surface area contributed by atoms with Crippen LogP contribution < -0.4 is 10.1 Å². The van der Waals surface area contributed by atoms with Crippen LogP contribution in [0.25, 0.3) is 11.1 Å². The van der Waals surface area contributed by atoms with Crippen LogP contribution in [0.5, 0.6) is 5.75 Å². The Morgan fingerprint density at radius 1 is 1.00 bits per heavy atom. The molecule has 0 aliphatic carbocycles. The Kier molecular flexibility index (Phi) is 3.77. The van der Waals surface area contributed by atoms with Crippen molar-refractivity contribution >= 4 is 5.95 Å². The molecule has 0 aliphatic heterocycles. The SMILES string of the molecule is COc1ccc(-c2cnc(NC(C)C)nc2)cc1. The van der Waals surface area contributed by atoms with Crippen molar-refractivity contribution in [2.24, 2.45) is 0 Å². The second-order valence-corrected chi connectivity index (χ2v) is 4.32. The molecule has 0 saturated heterocycles. The van der Waals surface area contributed by atoms with E-state index < -0.39 is 0 Å². The van der Waals surface area contributed by atoms with Crippen LogP contribution in [0.4, 0.5) is 5.95 Å². The highest BCUT2D eigenvalue weighted by molar-refractivity contribution is 5.62. The van der Waals surface area contributed by atoms with Gasteiger partial charge in [-0.3, -0.25) is 0 Å². The number of nitrogens with one attached hydrogen (secondary N) is 1. The first kappa shape index (κ1) is 12.4. The zero-order valence-corrected chi connectivity index (χ0v) is 10.8. The monoisotopic (exact) mass is 243 g/mol. The minimum absolute atomic E-state index is 0.330. The fourth-order valence-electron chi connectivity index (χ4n) is 1.59. The molecule has 1 aromatic carbocycles. The van der Waals surface area contributed by atoms with E-state index in [9.17, 15) is 0 Å². The molecule has 2 rings (SSSR count). The summed E-state index contributed by atoms with van der Waals surface area (Å²) in [5.41, 5.74) is 2.07. The van der Waals surface area contributed by atoms with Gasteiger partial charge in [0, 0.05) is 24.0 Å². The lowest BCUT2D eigenvalue weighted by Crippen LogP contribution is -2.12. The van der Waals surface area contributed by atoms with Crippen molar-refractivity contribution in [3.05, 3.63) is 36.7 Å². The van der Waals surface area contributed by atoms with Gasteiger partial charge in [0.15, 0.2) is 0 Å². The molecule has 1 aromatic heterocycles. The van der Waals surface area contributed by atoms with Crippen molar-refractivity contribution in [3.63, 3.8) is 0 Å². The highest BCUT2D eigenvalue weighted by atomic mass is 16.5. The van der Waals surface area contributed by atoms with Crippen molar-refractivity contribution in [2.75, 3.05) is 12.4 Å². The largest absolute Gasteiger partial charge is 0.497 e. The van der Waals surface area contributed by atoms with Crippen LogP contribution in [0.15, 0.2) is 36.7 Å². The summed E-state index contributed by atoms with van der Waals surface area (Å²) < 4.78 is 5.13. The maximum atomic E-state index is 5.13. The normalized spacial score (nSPS) is 10.4. The van der Waals surface area contributed by atoms with E-state index >= 15 is 0 Å². The molecule has 0 spiro atoms. The van der Waals surface area contributed by atoms with Gasteiger partial charge in [-0.1, -0.05) is 12.1 Å². The molecule has 0 saturated carbocycles. The van der Waals surface area contributed by atoms with Crippen LogP contribution in [0.1, 0.15) is 13.8 Å². The molecule has 18 heavy (non-hydrogen) atoms.